The molecule has 1 aliphatic heterocycles. The first-order valence-electron chi connectivity index (χ1n) is 8.30. The number of carbonyl (C=O) groups excluding carboxylic acids is 1. The van der Waals surface area contributed by atoms with Crippen LogP contribution in [0, 0.1) is 3.57 Å². The van der Waals surface area contributed by atoms with E-state index in [4.69, 9.17) is 11.6 Å². The molecule has 2 aromatic rings. The second-order valence-electron chi connectivity index (χ2n) is 6.27. The van der Waals surface area contributed by atoms with Gasteiger partial charge < -0.3 is 10.2 Å². The topological polar surface area (TPSA) is 69.7 Å². The molecule has 6 nitrogen and oxygen atoms in total. The molecule has 1 aliphatic rings. The molecule has 144 valence electrons. The molecule has 1 fully saturated rings. The summed E-state index contributed by atoms with van der Waals surface area (Å²) >= 11 is 8.25. The van der Waals surface area contributed by atoms with E-state index in [0.717, 1.165) is 9.26 Å². The highest BCUT2D eigenvalue weighted by Crippen LogP contribution is 2.23. The van der Waals surface area contributed by atoms with Crippen molar-refractivity contribution in [3.05, 3.63) is 56.6 Å². The van der Waals surface area contributed by atoms with Gasteiger partial charge >= 0.3 is 0 Å². The molecule has 0 aromatic heterocycles. The van der Waals surface area contributed by atoms with Crippen LogP contribution in [-0.2, 0) is 10.0 Å². The van der Waals surface area contributed by atoms with Crippen molar-refractivity contribution in [2.75, 3.05) is 42.7 Å². The van der Waals surface area contributed by atoms with Gasteiger partial charge in [-0.3, -0.25) is 4.79 Å². The number of benzene rings is 2. The number of carbonyl (C=O) groups is 1. The number of nitrogens with one attached hydrogen (secondary N) is 1. The zero-order chi connectivity index (χ0) is 19.6. The smallest absolute Gasteiger partial charge is 0.257 e. The van der Waals surface area contributed by atoms with E-state index in [1.165, 1.54) is 10.6 Å². The molecule has 1 amide bonds. The highest BCUT2D eigenvalue weighted by atomic mass is 127. The third-order valence-corrected chi connectivity index (χ3v) is 6.67. The number of piperazine rings is 1. The highest BCUT2D eigenvalue weighted by molar-refractivity contribution is 14.1. The van der Waals surface area contributed by atoms with E-state index in [0.29, 0.717) is 42.5 Å². The molecule has 0 radical (unpaired) electrons. The number of nitrogens with zero attached hydrogens (tertiary/aromatic N) is 2. The van der Waals surface area contributed by atoms with Crippen molar-refractivity contribution in [2.45, 2.75) is 0 Å². The molecular formula is C18H19ClIN3O3S. The second kappa shape index (κ2) is 8.34. The van der Waals surface area contributed by atoms with Crippen LogP contribution in [-0.4, -0.2) is 51.1 Å². The number of hydrogen-bond donors (Lipinski definition) is 1. The summed E-state index contributed by atoms with van der Waals surface area (Å²) in [7, 11) is -3.14. The molecule has 0 unspecified atom stereocenters. The summed E-state index contributed by atoms with van der Waals surface area (Å²) in [5, 5.41) is 3.26. The lowest BCUT2D eigenvalue weighted by Crippen LogP contribution is -2.48. The summed E-state index contributed by atoms with van der Waals surface area (Å²) < 4.78 is 25.6. The number of rotatable bonds is 4. The minimum absolute atomic E-state index is 0.256. The van der Waals surface area contributed by atoms with Crippen molar-refractivity contribution in [3.8, 4) is 0 Å². The van der Waals surface area contributed by atoms with Crippen LogP contribution in [0.1, 0.15) is 10.4 Å². The molecule has 0 saturated carbocycles. The standard InChI is InChI=1S/C18H19ClIN3O3S/c1-27(25,26)23-10-8-22(9-11-23)15-5-3-14(4-6-15)21-18(24)16-12-13(20)2-7-17(16)19/h2-7,12H,8-11H2,1H3,(H,21,24). The fourth-order valence-corrected chi connectivity index (χ4v) is 4.42. The lowest BCUT2D eigenvalue weighted by molar-refractivity contribution is 0.102. The number of anilines is 2. The van der Waals surface area contributed by atoms with Gasteiger partial charge in [-0.25, -0.2) is 8.42 Å². The summed E-state index contributed by atoms with van der Waals surface area (Å²) in [4.78, 5) is 14.6. The Bertz CT molecular complexity index is 943. The summed E-state index contributed by atoms with van der Waals surface area (Å²) in [5.74, 6) is -0.256. The number of halogens is 2. The average molecular weight is 520 g/mol. The predicted octanol–water partition coefficient (Wildman–Crippen LogP) is 3.28. The van der Waals surface area contributed by atoms with Gasteiger partial charge in [0.05, 0.1) is 16.8 Å². The Morgan fingerprint density at radius 3 is 2.30 bits per heavy atom. The van der Waals surface area contributed by atoms with Crippen LogP contribution in [0.2, 0.25) is 5.02 Å². The fourth-order valence-electron chi connectivity index (χ4n) is 2.90. The van der Waals surface area contributed by atoms with Crippen molar-refractivity contribution >= 4 is 61.5 Å². The van der Waals surface area contributed by atoms with Gasteiger partial charge in [-0.15, -0.1) is 0 Å². The van der Waals surface area contributed by atoms with Crippen molar-refractivity contribution in [2.24, 2.45) is 0 Å². The van der Waals surface area contributed by atoms with Crippen LogP contribution >= 0.6 is 34.2 Å². The highest BCUT2D eigenvalue weighted by Gasteiger charge is 2.23. The molecule has 0 aliphatic carbocycles. The molecular weight excluding hydrogens is 501 g/mol. The maximum Gasteiger partial charge on any atom is 0.257 e. The second-order valence-corrected chi connectivity index (χ2v) is 9.91. The molecule has 1 N–H and O–H groups in total. The molecule has 0 bridgehead atoms. The predicted molar refractivity (Wildman–Crippen MR) is 117 cm³/mol. The Labute approximate surface area is 177 Å². The molecule has 3 rings (SSSR count). The minimum atomic E-state index is -3.14. The third-order valence-electron chi connectivity index (χ3n) is 4.37. The van der Waals surface area contributed by atoms with E-state index in [2.05, 4.69) is 32.8 Å². The summed E-state index contributed by atoms with van der Waals surface area (Å²) in [6, 6.07) is 12.8. The van der Waals surface area contributed by atoms with E-state index in [9.17, 15) is 13.2 Å². The van der Waals surface area contributed by atoms with Gasteiger partial charge in [0.1, 0.15) is 0 Å². The van der Waals surface area contributed by atoms with Gasteiger partial charge in [0.2, 0.25) is 10.0 Å². The lowest BCUT2D eigenvalue weighted by atomic mass is 10.2. The normalized spacial score (nSPS) is 15.6. The number of hydrogen-bond acceptors (Lipinski definition) is 4. The van der Waals surface area contributed by atoms with Crippen LogP contribution in [0.5, 0.6) is 0 Å². The van der Waals surface area contributed by atoms with E-state index in [1.807, 2.05) is 30.3 Å². The van der Waals surface area contributed by atoms with Crippen LogP contribution < -0.4 is 10.2 Å². The Kier molecular flexibility index (Phi) is 6.29. The van der Waals surface area contributed by atoms with Gasteiger partial charge in [-0.05, 0) is 65.1 Å². The van der Waals surface area contributed by atoms with Crippen molar-refractivity contribution in [3.63, 3.8) is 0 Å². The van der Waals surface area contributed by atoms with Gasteiger partial charge in [0, 0.05) is 41.1 Å². The molecule has 1 heterocycles. The molecule has 2 aromatic carbocycles. The van der Waals surface area contributed by atoms with Crippen molar-refractivity contribution in [1.29, 1.82) is 0 Å². The van der Waals surface area contributed by atoms with Crippen molar-refractivity contribution < 1.29 is 13.2 Å². The van der Waals surface area contributed by atoms with Gasteiger partial charge in [-0.2, -0.15) is 4.31 Å². The first-order chi connectivity index (χ1) is 12.7. The Hall–Kier alpha value is -1.36. The van der Waals surface area contributed by atoms with Gasteiger partial charge in [-0.1, -0.05) is 11.6 Å². The minimum Gasteiger partial charge on any atom is -0.369 e. The molecule has 0 spiro atoms. The van der Waals surface area contributed by atoms with E-state index >= 15 is 0 Å². The first kappa shape index (κ1) is 20.4. The maximum absolute atomic E-state index is 12.4. The Morgan fingerprint density at radius 1 is 1.07 bits per heavy atom. The maximum atomic E-state index is 12.4. The SMILES string of the molecule is CS(=O)(=O)N1CCN(c2ccc(NC(=O)c3cc(I)ccc3Cl)cc2)CC1. The average Bonchev–Trinajstić information content (AvgIpc) is 2.63. The molecule has 9 heteroatoms. The van der Waals surface area contributed by atoms with Crippen molar-refractivity contribution in [1.82, 2.24) is 4.31 Å². The summed E-state index contributed by atoms with van der Waals surface area (Å²) in [6.07, 6.45) is 1.24. The van der Waals surface area contributed by atoms with Crippen LogP contribution in [0.25, 0.3) is 0 Å². The van der Waals surface area contributed by atoms with E-state index in [1.54, 1.807) is 12.1 Å². The van der Waals surface area contributed by atoms with E-state index < -0.39 is 10.0 Å². The third kappa shape index (κ3) is 5.13. The Morgan fingerprint density at radius 2 is 1.70 bits per heavy atom. The summed E-state index contributed by atoms with van der Waals surface area (Å²) in [6.45, 7) is 2.22. The first-order valence-corrected chi connectivity index (χ1v) is 11.6. The van der Waals surface area contributed by atoms with Gasteiger partial charge in [0.25, 0.3) is 5.91 Å². The largest absolute Gasteiger partial charge is 0.369 e. The molecule has 0 atom stereocenters. The summed E-state index contributed by atoms with van der Waals surface area (Å²) in [5.41, 5.74) is 2.10. The number of sulfonamides is 1. The van der Waals surface area contributed by atoms with Gasteiger partial charge in [0.15, 0.2) is 0 Å². The molecule has 27 heavy (non-hydrogen) atoms. The zero-order valence-electron chi connectivity index (χ0n) is 14.7. The fraction of sp³-hybridized carbons (Fsp3) is 0.278. The van der Waals surface area contributed by atoms with E-state index in [-0.39, 0.29) is 5.91 Å². The van der Waals surface area contributed by atoms with Crippen LogP contribution in [0.3, 0.4) is 0 Å². The zero-order valence-corrected chi connectivity index (χ0v) is 18.4. The quantitative estimate of drug-likeness (QED) is 0.630. The number of amides is 1. The van der Waals surface area contributed by atoms with Crippen LogP contribution in [0.4, 0.5) is 11.4 Å². The van der Waals surface area contributed by atoms with Crippen LogP contribution in [0.15, 0.2) is 42.5 Å². The lowest BCUT2D eigenvalue weighted by Gasteiger charge is -2.34. The Balaban J connectivity index is 1.64. The monoisotopic (exact) mass is 519 g/mol. The molecule has 1 saturated heterocycles.